The lowest BCUT2D eigenvalue weighted by atomic mass is 9.85. The standard InChI is InChI=1S/C11H15BrClN3O/c1-16(6-7-3-8(12)4-7)10-9(13)5-14-11(15-10)17-2/h5,7-8H,3-4,6H2,1-2H3. The van der Waals surface area contributed by atoms with Crippen LogP contribution < -0.4 is 9.64 Å². The van der Waals surface area contributed by atoms with E-state index in [4.69, 9.17) is 16.3 Å². The van der Waals surface area contributed by atoms with E-state index in [1.54, 1.807) is 13.3 Å². The summed E-state index contributed by atoms with van der Waals surface area (Å²) < 4.78 is 5.01. The van der Waals surface area contributed by atoms with Crippen LogP contribution in [0.1, 0.15) is 12.8 Å². The highest BCUT2D eigenvalue weighted by molar-refractivity contribution is 9.09. The van der Waals surface area contributed by atoms with E-state index >= 15 is 0 Å². The van der Waals surface area contributed by atoms with Crippen LogP contribution in [0.25, 0.3) is 0 Å². The van der Waals surface area contributed by atoms with Gasteiger partial charge in [0, 0.05) is 18.4 Å². The lowest BCUT2D eigenvalue weighted by Gasteiger charge is -2.34. The molecular weight excluding hydrogens is 305 g/mol. The number of aromatic nitrogens is 2. The predicted octanol–water partition coefficient (Wildman–Crippen LogP) is 2.75. The van der Waals surface area contributed by atoms with Crippen molar-refractivity contribution >= 4 is 33.3 Å². The minimum absolute atomic E-state index is 0.350. The lowest BCUT2D eigenvalue weighted by Crippen LogP contribution is -2.35. The lowest BCUT2D eigenvalue weighted by molar-refractivity contribution is 0.337. The number of alkyl halides is 1. The molecule has 6 heteroatoms. The van der Waals surface area contributed by atoms with E-state index in [1.807, 2.05) is 7.05 Å². The van der Waals surface area contributed by atoms with Crippen LogP contribution in [0.2, 0.25) is 5.02 Å². The predicted molar refractivity (Wildman–Crippen MR) is 72.3 cm³/mol. The molecule has 1 heterocycles. The summed E-state index contributed by atoms with van der Waals surface area (Å²) in [4.78, 5) is 11.0. The molecule has 0 saturated heterocycles. The van der Waals surface area contributed by atoms with Crippen LogP contribution >= 0.6 is 27.5 Å². The third-order valence-electron chi connectivity index (χ3n) is 2.96. The van der Waals surface area contributed by atoms with Gasteiger partial charge in [0.2, 0.25) is 0 Å². The molecule has 0 atom stereocenters. The van der Waals surface area contributed by atoms with Gasteiger partial charge in [0.1, 0.15) is 5.02 Å². The quantitative estimate of drug-likeness (QED) is 0.800. The molecule has 1 aliphatic rings. The van der Waals surface area contributed by atoms with Crippen LogP contribution in [0, 0.1) is 5.92 Å². The molecule has 1 aliphatic carbocycles. The maximum atomic E-state index is 6.09. The van der Waals surface area contributed by atoms with Crippen molar-refractivity contribution in [2.75, 3.05) is 25.6 Å². The molecule has 17 heavy (non-hydrogen) atoms. The van der Waals surface area contributed by atoms with Crippen LogP contribution in [0.4, 0.5) is 5.82 Å². The molecule has 0 aliphatic heterocycles. The fraction of sp³-hybridized carbons (Fsp3) is 0.636. The zero-order chi connectivity index (χ0) is 12.4. The van der Waals surface area contributed by atoms with E-state index in [-0.39, 0.29) is 0 Å². The van der Waals surface area contributed by atoms with Crippen LogP contribution in [-0.4, -0.2) is 35.5 Å². The Kier molecular flexibility index (Phi) is 4.09. The van der Waals surface area contributed by atoms with Crippen molar-refractivity contribution in [1.82, 2.24) is 9.97 Å². The maximum Gasteiger partial charge on any atom is 0.318 e. The number of nitrogens with zero attached hydrogens (tertiary/aromatic N) is 3. The molecule has 0 spiro atoms. The van der Waals surface area contributed by atoms with E-state index in [2.05, 4.69) is 30.8 Å². The summed E-state index contributed by atoms with van der Waals surface area (Å²) >= 11 is 9.68. The summed E-state index contributed by atoms with van der Waals surface area (Å²) in [6.07, 6.45) is 4.00. The van der Waals surface area contributed by atoms with Gasteiger partial charge in [0.05, 0.1) is 13.3 Å². The minimum atomic E-state index is 0.350. The van der Waals surface area contributed by atoms with E-state index in [0.29, 0.717) is 21.8 Å². The largest absolute Gasteiger partial charge is 0.467 e. The first-order valence-corrected chi connectivity index (χ1v) is 6.81. The Balaban J connectivity index is 2.04. The molecule has 1 aromatic heterocycles. The zero-order valence-corrected chi connectivity index (χ0v) is 12.2. The second-order valence-electron chi connectivity index (χ2n) is 4.34. The molecule has 0 unspecified atom stereocenters. The Morgan fingerprint density at radius 2 is 2.29 bits per heavy atom. The smallest absolute Gasteiger partial charge is 0.318 e. The number of hydrogen-bond acceptors (Lipinski definition) is 4. The van der Waals surface area contributed by atoms with Gasteiger partial charge in [0.15, 0.2) is 5.82 Å². The first-order chi connectivity index (χ1) is 8.10. The Morgan fingerprint density at radius 1 is 1.59 bits per heavy atom. The van der Waals surface area contributed by atoms with Crippen molar-refractivity contribution in [2.45, 2.75) is 17.7 Å². The first-order valence-electron chi connectivity index (χ1n) is 5.52. The van der Waals surface area contributed by atoms with Gasteiger partial charge in [-0.1, -0.05) is 27.5 Å². The molecule has 4 nitrogen and oxygen atoms in total. The van der Waals surface area contributed by atoms with E-state index in [0.717, 1.165) is 12.4 Å². The number of methoxy groups -OCH3 is 1. The molecule has 94 valence electrons. The highest BCUT2D eigenvalue weighted by atomic mass is 79.9. The summed E-state index contributed by atoms with van der Waals surface area (Å²) in [6, 6.07) is 0.350. The summed E-state index contributed by atoms with van der Waals surface area (Å²) in [6.45, 7) is 0.960. The highest BCUT2D eigenvalue weighted by Crippen LogP contribution is 2.35. The van der Waals surface area contributed by atoms with Gasteiger partial charge in [-0.15, -0.1) is 0 Å². The zero-order valence-electron chi connectivity index (χ0n) is 9.86. The molecule has 0 N–H and O–H groups in total. The topological polar surface area (TPSA) is 38.2 Å². The van der Waals surface area contributed by atoms with Gasteiger partial charge in [0.25, 0.3) is 0 Å². The van der Waals surface area contributed by atoms with Crippen LogP contribution in [0.15, 0.2) is 6.20 Å². The third kappa shape index (κ3) is 3.01. The summed E-state index contributed by atoms with van der Waals surface area (Å²) in [5, 5.41) is 0.558. The van der Waals surface area contributed by atoms with E-state index < -0.39 is 0 Å². The number of hydrogen-bond donors (Lipinski definition) is 0. The monoisotopic (exact) mass is 319 g/mol. The Labute approximate surface area is 114 Å². The van der Waals surface area contributed by atoms with Gasteiger partial charge < -0.3 is 9.64 Å². The molecule has 1 fully saturated rings. The number of rotatable bonds is 4. The third-order valence-corrected chi connectivity index (χ3v) is 3.97. The van der Waals surface area contributed by atoms with Crippen molar-refractivity contribution in [1.29, 1.82) is 0 Å². The van der Waals surface area contributed by atoms with E-state index in [9.17, 15) is 0 Å². The Hall–Kier alpha value is -0.550. The van der Waals surface area contributed by atoms with Crippen molar-refractivity contribution in [3.05, 3.63) is 11.2 Å². The number of halogens is 2. The minimum Gasteiger partial charge on any atom is -0.467 e. The second kappa shape index (κ2) is 5.40. The molecule has 0 bridgehead atoms. The van der Waals surface area contributed by atoms with Gasteiger partial charge in [-0.05, 0) is 18.8 Å². The van der Waals surface area contributed by atoms with Gasteiger partial charge >= 0.3 is 6.01 Å². The van der Waals surface area contributed by atoms with E-state index in [1.165, 1.54) is 12.8 Å². The average molecular weight is 321 g/mol. The van der Waals surface area contributed by atoms with Crippen molar-refractivity contribution in [3.8, 4) is 6.01 Å². The normalized spacial score (nSPS) is 23.1. The van der Waals surface area contributed by atoms with Crippen molar-refractivity contribution in [3.63, 3.8) is 0 Å². The Bertz CT molecular complexity index is 398. The van der Waals surface area contributed by atoms with Gasteiger partial charge in [-0.3, -0.25) is 0 Å². The molecule has 0 radical (unpaired) electrons. The summed E-state index contributed by atoms with van der Waals surface area (Å²) in [5.74, 6) is 1.44. The molecule has 1 saturated carbocycles. The highest BCUT2D eigenvalue weighted by Gasteiger charge is 2.28. The Morgan fingerprint density at radius 3 is 2.88 bits per heavy atom. The van der Waals surface area contributed by atoms with Gasteiger partial charge in [-0.2, -0.15) is 4.98 Å². The molecular formula is C11H15BrClN3O. The van der Waals surface area contributed by atoms with Crippen LogP contribution in [0.5, 0.6) is 6.01 Å². The van der Waals surface area contributed by atoms with Crippen LogP contribution in [0.3, 0.4) is 0 Å². The second-order valence-corrected chi connectivity index (χ2v) is 6.05. The number of anilines is 1. The fourth-order valence-electron chi connectivity index (χ4n) is 1.99. The van der Waals surface area contributed by atoms with Crippen LogP contribution in [-0.2, 0) is 0 Å². The summed E-state index contributed by atoms with van der Waals surface area (Å²) in [7, 11) is 3.55. The van der Waals surface area contributed by atoms with Crippen molar-refractivity contribution in [2.24, 2.45) is 5.92 Å². The van der Waals surface area contributed by atoms with Gasteiger partial charge in [-0.25, -0.2) is 4.98 Å². The molecule has 2 rings (SSSR count). The average Bonchev–Trinajstić information content (AvgIpc) is 2.27. The summed E-state index contributed by atoms with van der Waals surface area (Å²) in [5.41, 5.74) is 0. The molecule has 1 aromatic rings. The fourth-order valence-corrected chi connectivity index (χ4v) is 3.28. The van der Waals surface area contributed by atoms with Crippen molar-refractivity contribution < 1.29 is 4.74 Å². The SMILES string of the molecule is COc1ncc(Cl)c(N(C)CC2CC(Br)C2)n1. The molecule has 0 aromatic carbocycles. The number of ether oxygens (including phenoxy) is 1. The maximum absolute atomic E-state index is 6.09. The first kappa shape index (κ1) is 12.9. The molecule has 0 amide bonds.